The van der Waals surface area contributed by atoms with Crippen molar-refractivity contribution < 1.29 is 9.50 Å². The van der Waals surface area contributed by atoms with E-state index in [0.717, 1.165) is 0 Å². The zero-order valence-corrected chi connectivity index (χ0v) is 7.34. The highest BCUT2D eigenvalue weighted by atomic mass is 19.1. The van der Waals surface area contributed by atoms with Crippen molar-refractivity contribution in [3.05, 3.63) is 28.4 Å². The summed E-state index contributed by atoms with van der Waals surface area (Å²) in [5.74, 6) is -0.722. The summed E-state index contributed by atoms with van der Waals surface area (Å²) in [6.07, 6.45) is 0. The van der Waals surface area contributed by atoms with E-state index in [1.807, 2.05) is 0 Å². The Morgan fingerprint density at radius 3 is 2.86 bits per heavy atom. The molecule has 0 aliphatic rings. The summed E-state index contributed by atoms with van der Waals surface area (Å²) >= 11 is 0. The smallest absolute Gasteiger partial charge is 0.219 e. The Hall–Kier alpha value is -1.91. The molecule has 0 atom stereocenters. The van der Waals surface area contributed by atoms with Crippen LogP contribution >= 0.6 is 0 Å². The van der Waals surface area contributed by atoms with Crippen molar-refractivity contribution >= 4 is 16.6 Å². The number of halogens is 1. The highest BCUT2D eigenvalue weighted by molar-refractivity contribution is 5.96. The molecule has 1 heterocycles. The Morgan fingerprint density at radius 1 is 1.50 bits per heavy atom. The molecule has 0 spiro atoms. The molecular weight excluding hydrogens is 187 g/mol. The highest BCUT2D eigenvalue weighted by Crippen LogP contribution is 2.36. The summed E-state index contributed by atoms with van der Waals surface area (Å²) < 4.78 is 13.1. The molecule has 0 amide bonds. The number of aryl methyl sites for hydroxylation is 1. The topological polar surface area (TPSA) is 65.4 Å². The first-order valence-electron chi connectivity index (χ1n) is 3.98. The molecule has 0 aliphatic heterocycles. The van der Waals surface area contributed by atoms with Gasteiger partial charge in [-0.1, -0.05) is 0 Å². The lowest BCUT2D eigenvalue weighted by atomic mass is 10.1. The third-order valence-electron chi connectivity index (χ3n) is 2.21. The molecule has 1 aromatic carbocycles. The van der Waals surface area contributed by atoms with Gasteiger partial charge in [0.1, 0.15) is 5.82 Å². The summed E-state index contributed by atoms with van der Waals surface area (Å²) in [6, 6.07) is 2.64. The van der Waals surface area contributed by atoms with Crippen LogP contribution < -0.4 is 0 Å². The zero-order valence-electron chi connectivity index (χ0n) is 7.34. The van der Waals surface area contributed by atoms with E-state index in [2.05, 4.69) is 10.2 Å². The van der Waals surface area contributed by atoms with Gasteiger partial charge in [0.15, 0.2) is 5.69 Å². The van der Waals surface area contributed by atoms with Crippen LogP contribution in [0, 0.1) is 17.6 Å². The number of hydrogen-bond donors (Lipinski definition) is 2. The van der Waals surface area contributed by atoms with Gasteiger partial charge >= 0.3 is 0 Å². The maximum absolute atomic E-state index is 13.1. The number of H-pyrrole nitrogens is 1. The fourth-order valence-electron chi connectivity index (χ4n) is 1.44. The Morgan fingerprint density at radius 2 is 2.21 bits per heavy atom. The van der Waals surface area contributed by atoms with Gasteiger partial charge in [0.05, 0.1) is 5.52 Å². The van der Waals surface area contributed by atoms with E-state index in [0.29, 0.717) is 16.5 Å². The lowest BCUT2D eigenvalue weighted by Crippen LogP contribution is -1.82. The minimum absolute atomic E-state index is 0.0805. The predicted molar refractivity (Wildman–Crippen MR) is 50.1 cm³/mol. The van der Waals surface area contributed by atoms with Gasteiger partial charge in [-0.3, -0.25) is 0 Å². The van der Waals surface area contributed by atoms with Crippen LogP contribution in [-0.4, -0.2) is 10.1 Å². The van der Waals surface area contributed by atoms with Gasteiger partial charge in [0.2, 0.25) is 5.88 Å². The fraction of sp³-hybridized carbons (Fsp3) is 0.111. The average molecular weight is 194 g/mol. The third kappa shape index (κ3) is 0.985. The Bertz CT molecular complexity index is 519. The van der Waals surface area contributed by atoms with Crippen molar-refractivity contribution in [3.8, 4) is 5.88 Å². The van der Waals surface area contributed by atoms with Crippen LogP contribution in [0.4, 0.5) is 10.1 Å². The van der Waals surface area contributed by atoms with Crippen molar-refractivity contribution in [1.29, 1.82) is 0 Å². The van der Waals surface area contributed by atoms with Crippen molar-refractivity contribution in [1.82, 2.24) is 4.98 Å². The molecule has 0 bridgehead atoms. The molecule has 0 unspecified atom stereocenters. The number of nitrogens with one attached hydrogen (secondary N) is 1. The number of aromatic hydroxyl groups is 1. The Kier molecular flexibility index (Phi) is 1.73. The second-order valence-electron chi connectivity index (χ2n) is 3.01. The van der Waals surface area contributed by atoms with Crippen LogP contribution in [0.3, 0.4) is 0 Å². The van der Waals surface area contributed by atoms with Crippen molar-refractivity contribution in [2.24, 2.45) is 5.18 Å². The normalized spacial score (nSPS) is 10.7. The number of rotatable bonds is 1. The maximum Gasteiger partial charge on any atom is 0.219 e. The van der Waals surface area contributed by atoms with E-state index in [9.17, 15) is 14.4 Å². The summed E-state index contributed by atoms with van der Waals surface area (Å²) in [5.41, 5.74) is 0.674. The molecule has 2 N–H and O–H groups in total. The third-order valence-corrected chi connectivity index (χ3v) is 2.21. The molecule has 1 aromatic heterocycles. The van der Waals surface area contributed by atoms with Crippen LogP contribution in [0.15, 0.2) is 17.3 Å². The van der Waals surface area contributed by atoms with Gasteiger partial charge in [-0.05, 0) is 24.2 Å². The molecule has 14 heavy (non-hydrogen) atoms. The van der Waals surface area contributed by atoms with E-state index in [-0.39, 0.29) is 11.6 Å². The molecule has 2 aromatic rings. The Balaban J connectivity index is 2.93. The van der Waals surface area contributed by atoms with Crippen molar-refractivity contribution in [2.75, 3.05) is 0 Å². The number of benzene rings is 1. The van der Waals surface area contributed by atoms with Gasteiger partial charge < -0.3 is 10.1 Å². The number of nitroso groups, excluding NO2 is 1. The second kappa shape index (κ2) is 2.80. The van der Waals surface area contributed by atoms with Crippen LogP contribution in [0.25, 0.3) is 10.9 Å². The van der Waals surface area contributed by atoms with E-state index in [1.54, 1.807) is 6.92 Å². The van der Waals surface area contributed by atoms with E-state index in [1.165, 1.54) is 12.1 Å². The minimum Gasteiger partial charge on any atom is -0.493 e. The van der Waals surface area contributed by atoms with Crippen LogP contribution in [0.1, 0.15) is 5.56 Å². The van der Waals surface area contributed by atoms with E-state index in [4.69, 9.17) is 0 Å². The second-order valence-corrected chi connectivity index (χ2v) is 3.01. The molecule has 2 rings (SSSR count). The Labute approximate surface area is 78.3 Å². The first-order chi connectivity index (χ1) is 6.65. The molecule has 4 nitrogen and oxygen atoms in total. The predicted octanol–water partition coefficient (Wildman–Crippen LogP) is 2.72. The summed E-state index contributed by atoms with van der Waals surface area (Å²) in [7, 11) is 0. The number of fused-ring (bicyclic) bond motifs is 1. The number of nitrogens with zero attached hydrogens (tertiary/aromatic N) is 1. The number of aromatic amines is 1. The van der Waals surface area contributed by atoms with E-state index < -0.39 is 5.82 Å². The van der Waals surface area contributed by atoms with Gasteiger partial charge in [-0.15, -0.1) is 4.91 Å². The van der Waals surface area contributed by atoms with Crippen LogP contribution in [0.2, 0.25) is 0 Å². The average Bonchev–Trinajstić information content (AvgIpc) is 2.49. The van der Waals surface area contributed by atoms with Crippen molar-refractivity contribution in [3.63, 3.8) is 0 Å². The summed E-state index contributed by atoms with van der Waals surface area (Å²) in [5, 5.41) is 12.4. The molecule has 0 radical (unpaired) electrons. The largest absolute Gasteiger partial charge is 0.493 e. The lowest BCUT2D eigenvalue weighted by molar-refractivity contribution is 0.460. The molecule has 0 aliphatic carbocycles. The summed E-state index contributed by atoms with van der Waals surface area (Å²) in [6.45, 7) is 1.56. The molecule has 5 heteroatoms. The van der Waals surface area contributed by atoms with Gasteiger partial charge in [-0.25, -0.2) is 4.39 Å². The first-order valence-corrected chi connectivity index (χ1v) is 3.98. The van der Waals surface area contributed by atoms with E-state index >= 15 is 0 Å². The van der Waals surface area contributed by atoms with Crippen LogP contribution in [-0.2, 0) is 0 Å². The lowest BCUT2D eigenvalue weighted by Gasteiger charge is -1.96. The van der Waals surface area contributed by atoms with Crippen LogP contribution in [0.5, 0.6) is 5.88 Å². The standard InChI is InChI=1S/C9H7FN2O2/c1-4-6(10)3-2-5-7(4)11-9(13)8(5)12-14/h2-3,11,13H,1H3. The van der Waals surface area contributed by atoms with Gasteiger partial charge in [0, 0.05) is 10.9 Å². The molecule has 0 fully saturated rings. The number of hydrogen-bond acceptors (Lipinski definition) is 3. The molecule has 0 saturated heterocycles. The first kappa shape index (κ1) is 8.68. The van der Waals surface area contributed by atoms with Gasteiger partial charge in [0.25, 0.3) is 0 Å². The summed E-state index contributed by atoms with van der Waals surface area (Å²) in [4.78, 5) is 12.9. The molecule has 0 saturated carbocycles. The molecular formula is C9H7FN2O2. The SMILES string of the molecule is Cc1c(F)ccc2c(N=O)c(O)[nH]c12. The molecule has 72 valence electrons. The minimum atomic E-state index is -0.392. The monoisotopic (exact) mass is 194 g/mol. The van der Waals surface area contributed by atoms with Gasteiger partial charge in [-0.2, -0.15) is 0 Å². The highest BCUT2D eigenvalue weighted by Gasteiger charge is 2.14. The zero-order chi connectivity index (χ0) is 10.3. The maximum atomic E-state index is 13.1. The number of aromatic nitrogens is 1. The quantitative estimate of drug-likeness (QED) is 0.685. The van der Waals surface area contributed by atoms with Crippen molar-refractivity contribution in [2.45, 2.75) is 6.92 Å². The fourth-order valence-corrected chi connectivity index (χ4v) is 1.44.